The average Bonchev–Trinajstić information content (AvgIpc) is 3.12. The predicted octanol–water partition coefficient (Wildman–Crippen LogP) is 5.25. The maximum Gasteiger partial charge on any atom is 0.300 e. The molecular weight excluding hydrogens is 437 g/mol. The molecule has 34 heavy (non-hydrogen) atoms. The predicted molar refractivity (Wildman–Crippen MR) is 126 cm³/mol. The van der Waals surface area contributed by atoms with Gasteiger partial charge >= 0.3 is 0 Å². The number of benzene rings is 3. The normalized spacial score (nSPS) is 17.1. The van der Waals surface area contributed by atoms with E-state index in [9.17, 15) is 19.1 Å². The van der Waals surface area contributed by atoms with Gasteiger partial charge in [0.15, 0.2) is 0 Å². The largest absolute Gasteiger partial charge is 0.507 e. The van der Waals surface area contributed by atoms with Crippen LogP contribution in [0.1, 0.15) is 30.5 Å². The van der Waals surface area contributed by atoms with Gasteiger partial charge in [-0.05, 0) is 36.8 Å². The van der Waals surface area contributed by atoms with Crippen molar-refractivity contribution >= 4 is 23.1 Å². The third-order valence-electron chi connectivity index (χ3n) is 5.56. The van der Waals surface area contributed by atoms with Crippen LogP contribution in [0.25, 0.3) is 5.76 Å². The van der Waals surface area contributed by atoms with Gasteiger partial charge in [-0.3, -0.25) is 14.5 Å². The van der Waals surface area contributed by atoms with Crippen molar-refractivity contribution in [2.24, 2.45) is 0 Å². The second-order valence-corrected chi connectivity index (χ2v) is 7.77. The minimum atomic E-state index is -1.17. The summed E-state index contributed by atoms with van der Waals surface area (Å²) >= 11 is 0. The van der Waals surface area contributed by atoms with Crippen molar-refractivity contribution in [1.82, 2.24) is 0 Å². The molecule has 3 aromatic rings. The zero-order valence-electron chi connectivity index (χ0n) is 18.8. The Labute approximate surface area is 196 Å². The summed E-state index contributed by atoms with van der Waals surface area (Å²) in [6, 6.07) is 17.9. The highest BCUT2D eigenvalue weighted by molar-refractivity contribution is 6.51. The lowest BCUT2D eigenvalue weighted by Crippen LogP contribution is -2.29. The summed E-state index contributed by atoms with van der Waals surface area (Å²) in [6.07, 6.45) is 0.801. The SMILES string of the molecule is CCCOc1cccc(/C(O)=C2\C(=O)C(=O)N(c3cccc(OC)c3)C2c2ccccc2F)c1. The summed E-state index contributed by atoms with van der Waals surface area (Å²) in [5.74, 6) is -1.81. The molecule has 7 heteroatoms. The van der Waals surface area contributed by atoms with Gasteiger partial charge in [-0.25, -0.2) is 4.39 Å². The summed E-state index contributed by atoms with van der Waals surface area (Å²) in [5, 5.41) is 11.2. The Kier molecular flexibility index (Phi) is 6.63. The molecule has 0 spiro atoms. The minimum Gasteiger partial charge on any atom is -0.507 e. The lowest BCUT2D eigenvalue weighted by Gasteiger charge is -2.26. The van der Waals surface area contributed by atoms with Crippen molar-refractivity contribution in [3.63, 3.8) is 0 Å². The van der Waals surface area contributed by atoms with Crippen molar-refractivity contribution in [3.05, 3.63) is 95.3 Å². The van der Waals surface area contributed by atoms with E-state index >= 15 is 0 Å². The number of Topliss-reactive ketones (excluding diaryl/α,β-unsaturated/α-hetero) is 1. The van der Waals surface area contributed by atoms with E-state index in [-0.39, 0.29) is 11.1 Å². The van der Waals surface area contributed by atoms with Gasteiger partial charge in [-0.1, -0.05) is 43.3 Å². The van der Waals surface area contributed by atoms with Crippen LogP contribution in [0, 0.1) is 5.82 Å². The minimum absolute atomic E-state index is 0.0875. The number of hydrogen-bond acceptors (Lipinski definition) is 5. The molecule has 1 saturated heterocycles. The Hall–Kier alpha value is -4.13. The Morgan fingerprint density at radius 2 is 1.74 bits per heavy atom. The molecule has 4 rings (SSSR count). The number of amides is 1. The van der Waals surface area contributed by atoms with E-state index in [1.54, 1.807) is 54.6 Å². The number of halogens is 1. The van der Waals surface area contributed by atoms with Gasteiger partial charge in [0.1, 0.15) is 23.1 Å². The molecule has 3 aromatic carbocycles. The molecule has 0 aliphatic carbocycles. The van der Waals surface area contributed by atoms with Crippen LogP contribution in [0.5, 0.6) is 11.5 Å². The van der Waals surface area contributed by atoms with E-state index in [1.807, 2.05) is 6.92 Å². The third-order valence-corrected chi connectivity index (χ3v) is 5.56. The van der Waals surface area contributed by atoms with Crippen LogP contribution in [0.2, 0.25) is 0 Å². The smallest absolute Gasteiger partial charge is 0.300 e. The van der Waals surface area contributed by atoms with Crippen LogP contribution in [0.15, 0.2) is 78.4 Å². The molecule has 0 radical (unpaired) electrons. The van der Waals surface area contributed by atoms with Crippen molar-refractivity contribution in [2.75, 3.05) is 18.6 Å². The number of aliphatic hydroxyl groups excluding tert-OH is 1. The second kappa shape index (κ2) is 9.79. The van der Waals surface area contributed by atoms with Crippen molar-refractivity contribution in [3.8, 4) is 11.5 Å². The lowest BCUT2D eigenvalue weighted by molar-refractivity contribution is -0.132. The van der Waals surface area contributed by atoms with Gasteiger partial charge < -0.3 is 14.6 Å². The fraction of sp³-hybridized carbons (Fsp3) is 0.185. The van der Waals surface area contributed by atoms with Gasteiger partial charge in [0.2, 0.25) is 0 Å². The van der Waals surface area contributed by atoms with Crippen molar-refractivity contribution < 1.29 is 28.6 Å². The Bertz CT molecular complexity index is 1270. The average molecular weight is 461 g/mol. The number of carbonyl (C=O) groups is 2. The van der Waals surface area contributed by atoms with Gasteiger partial charge in [0.25, 0.3) is 11.7 Å². The molecule has 1 fully saturated rings. The van der Waals surface area contributed by atoms with Gasteiger partial charge in [-0.15, -0.1) is 0 Å². The third kappa shape index (κ3) is 4.24. The number of carbonyl (C=O) groups excluding carboxylic acids is 2. The number of ketones is 1. The summed E-state index contributed by atoms with van der Waals surface area (Å²) in [4.78, 5) is 27.6. The molecule has 1 amide bonds. The molecular formula is C27H24FNO5. The number of rotatable bonds is 7. The maximum absolute atomic E-state index is 15.0. The van der Waals surface area contributed by atoms with E-state index < -0.39 is 29.3 Å². The fourth-order valence-corrected chi connectivity index (χ4v) is 3.96. The van der Waals surface area contributed by atoms with E-state index in [1.165, 1.54) is 30.2 Å². The molecule has 1 atom stereocenters. The fourth-order valence-electron chi connectivity index (χ4n) is 3.96. The number of hydrogen-bond donors (Lipinski definition) is 1. The van der Waals surface area contributed by atoms with Gasteiger partial charge in [-0.2, -0.15) is 0 Å². The van der Waals surface area contributed by atoms with Crippen LogP contribution in [0.4, 0.5) is 10.1 Å². The highest BCUT2D eigenvalue weighted by Gasteiger charge is 2.47. The molecule has 0 saturated carbocycles. The van der Waals surface area contributed by atoms with Crippen molar-refractivity contribution in [2.45, 2.75) is 19.4 Å². The number of anilines is 1. The zero-order valence-corrected chi connectivity index (χ0v) is 18.8. The molecule has 1 aliphatic heterocycles. The Morgan fingerprint density at radius 1 is 1.00 bits per heavy atom. The highest BCUT2D eigenvalue weighted by Crippen LogP contribution is 2.43. The summed E-state index contributed by atoms with van der Waals surface area (Å²) < 4.78 is 25.9. The maximum atomic E-state index is 15.0. The zero-order chi connectivity index (χ0) is 24.2. The number of ether oxygens (including phenoxy) is 2. The van der Waals surface area contributed by atoms with Crippen molar-refractivity contribution in [1.29, 1.82) is 0 Å². The van der Waals surface area contributed by atoms with Crippen LogP contribution < -0.4 is 14.4 Å². The number of aliphatic hydroxyl groups is 1. The van der Waals surface area contributed by atoms with E-state index in [0.717, 1.165) is 6.42 Å². The molecule has 0 aromatic heterocycles. The van der Waals surface area contributed by atoms with Gasteiger partial charge in [0, 0.05) is 22.9 Å². The summed E-state index contributed by atoms with van der Waals surface area (Å²) in [5.41, 5.74) is 0.516. The standard InChI is InChI=1S/C27H24FNO5/c1-3-14-34-20-11-6-8-17(15-20)25(30)23-24(21-12-4-5-13-22(21)28)29(27(32)26(23)31)18-9-7-10-19(16-18)33-2/h4-13,15-16,24,30H,3,14H2,1-2H3/b25-23+. The number of nitrogens with zero attached hydrogens (tertiary/aromatic N) is 1. The highest BCUT2D eigenvalue weighted by atomic mass is 19.1. The lowest BCUT2D eigenvalue weighted by atomic mass is 9.94. The van der Waals surface area contributed by atoms with Crippen LogP contribution in [-0.2, 0) is 9.59 Å². The molecule has 174 valence electrons. The van der Waals surface area contributed by atoms with E-state index in [4.69, 9.17) is 9.47 Å². The van der Waals surface area contributed by atoms with Crippen LogP contribution in [-0.4, -0.2) is 30.5 Å². The number of methoxy groups -OCH3 is 1. The molecule has 0 bridgehead atoms. The molecule has 1 unspecified atom stereocenters. The van der Waals surface area contributed by atoms with E-state index in [2.05, 4.69) is 0 Å². The van der Waals surface area contributed by atoms with Crippen LogP contribution in [0.3, 0.4) is 0 Å². The monoisotopic (exact) mass is 461 g/mol. The quantitative estimate of drug-likeness (QED) is 0.296. The van der Waals surface area contributed by atoms with E-state index in [0.29, 0.717) is 29.4 Å². The first-order valence-corrected chi connectivity index (χ1v) is 10.9. The first kappa shape index (κ1) is 23.0. The summed E-state index contributed by atoms with van der Waals surface area (Å²) in [7, 11) is 1.48. The molecule has 1 heterocycles. The second-order valence-electron chi connectivity index (χ2n) is 7.77. The molecule has 6 nitrogen and oxygen atoms in total. The molecule has 1 aliphatic rings. The van der Waals surface area contributed by atoms with Crippen LogP contribution >= 0.6 is 0 Å². The first-order valence-electron chi connectivity index (χ1n) is 10.9. The Balaban J connectivity index is 1.91. The molecule has 1 N–H and O–H groups in total. The first-order chi connectivity index (χ1) is 16.5. The Morgan fingerprint density at radius 3 is 2.47 bits per heavy atom. The topological polar surface area (TPSA) is 76.1 Å². The summed E-state index contributed by atoms with van der Waals surface area (Å²) in [6.45, 7) is 2.46. The van der Waals surface area contributed by atoms with Gasteiger partial charge in [0.05, 0.1) is 25.3 Å².